The van der Waals surface area contributed by atoms with E-state index in [1.807, 2.05) is 0 Å². The van der Waals surface area contributed by atoms with Crippen LogP contribution in [0.1, 0.15) is 6.92 Å². The zero-order valence-corrected chi connectivity index (χ0v) is 9.44. The molecule has 0 aromatic heterocycles. The van der Waals surface area contributed by atoms with Gasteiger partial charge in [-0.15, -0.1) is 0 Å². The van der Waals surface area contributed by atoms with Crippen LogP contribution in [0.5, 0.6) is 0 Å². The van der Waals surface area contributed by atoms with Gasteiger partial charge in [-0.1, -0.05) is 6.58 Å². The van der Waals surface area contributed by atoms with Gasteiger partial charge in [0.25, 0.3) is 0 Å². The van der Waals surface area contributed by atoms with Crippen LogP contribution in [-0.2, 0) is 14.3 Å². The number of carbonyl (C=O) groups excluding carboxylic acids is 2. The third kappa shape index (κ3) is 5.05. The molecule has 98 valence electrons. The predicted octanol–water partition coefficient (Wildman–Crippen LogP) is -2.29. The molecule has 0 aliphatic heterocycles. The summed E-state index contributed by atoms with van der Waals surface area (Å²) in [5.41, 5.74) is 5.28. The fourth-order valence-electron chi connectivity index (χ4n) is 0.919. The fraction of sp³-hybridized carbons (Fsp3) is 0.600. The second kappa shape index (κ2) is 7.13. The monoisotopic (exact) mass is 247 g/mol. The maximum Gasteiger partial charge on any atom is 0.333 e. The van der Waals surface area contributed by atoms with Crippen LogP contribution >= 0.6 is 0 Å². The number of ether oxygens (including phenoxy) is 1. The summed E-state index contributed by atoms with van der Waals surface area (Å²) in [6.07, 6.45) is -4.63. The number of esters is 1. The maximum atomic E-state index is 11.0. The number of aliphatic hydroxyl groups excluding tert-OH is 3. The van der Waals surface area contributed by atoms with Crippen molar-refractivity contribution in [3.05, 3.63) is 12.2 Å². The highest BCUT2D eigenvalue weighted by molar-refractivity contribution is 5.86. The topological polar surface area (TPSA) is 130 Å². The lowest BCUT2D eigenvalue weighted by Gasteiger charge is -2.24. The van der Waals surface area contributed by atoms with E-state index in [2.05, 4.69) is 11.3 Å². The molecule has 0 bridgehead atoms. The van der Waals surface area contributed by atoms with Crippen LogP contribution in [0.15, 0.2) is 12.2 Å². The number of hydrogen-bond acceptors (Lipinski definition) is 7. The Balaban J connectivity index is 4.22. The zero-order chi connectivity index (χ0) is 13.6. The van der Waals surface area contributed by atoms with Gasteiger partial charge < -0.3 is 30.6 Å². The van der Waals surface area contributed by atoms with Gasteiger partial charge in [-0.05, 0) is 6.92 Å². The summed E-state index contributed by atoms with van der Waals surface area (Å²) in [5.74, 6) is -0.731. The summed E-state index contributed by atoms with van der Waals surface area (Å²) in [5, 5.41) is 28.1. The molecule has 0 aromatic carbocycles. The van der Waals surface area contributed by atoms with Crippen LogP contribution in [0.4, 0.5) is 0 Å². The molecule has 0 spiro atoms. The first kappa shape index (κ1) is 15.7. The lowest BCUT2D eigenvalue weighted by Crippen LogP contribution is -2.50. The second-order valence-corrected chi connectivity index (χ2v) is 3.64. The van der Waals surface area contributed by atoms with Crippen LogP contribution < -0.4 is 5.73 Å². The van der Waals surface area contributed by atoms with Gasteiger partial charge >= 0.3 is 5.97 Å². The Morgan fingerprint density at radius 3 is 2.35 bits per heavy atom. The van der Waals surface area contributed by atoms with Crippen molar-refractivity contribution in [2.75, 3.05) is 6.61 Å². The van der Waals surface area contributed by atoms with E-state index in [0.29, 0.717) is 0 Å². The molecular weight excluding hydrogens is 230 g/mol. The number of nitrogens with two attached hydrogens (primary N) is 1. The van der Waals surface area contributed by atoms with Crippen molar-refractivity contribution in [1.29, 1.82) is 0 Å². The normalized spacial score (nSPS) is 17.7. The van der Waals surface area contributed by atoms with E-state index < -0.39 is 36.9 Å². The Labute approximate surface area is 98.5 Å². The molecular formula is C10H17NO6. The highest BCUT2D eigenvalue weighted by Crippen LogP contribution is 2.04. The lowest BCUT2D eigenvalue weighted by atomic mass is 10.0. The number of aliphatic hydroxyl groups is 3. The van der Waals surface area contributed by atoms with E-state index in [4.69, 9.17) is 5.73 Å². The molecule has 17 heavy (non-hydrogen) atoms. The molecule has 0 aromatic rings. The molecule has 0 amide bonds. The Morgan fingerprint density at radius 1 is 1.41 bits per heavy atom. The van der Waals surface area contributed by atoms with Crippen molar-refractivity contribution in [2.24, 2.45) is 5.73 Å². The Kier molecular flexibility index (Phi) is 6.59. The molecule has 4 atom stereocenters. The van der Waals surface area contributed by atoms with Gasteiger partial charge in [0.1, 0.15) is 31.2 Å². The Hall–Kier alpha value is -1.28. The number of rotatable bonds is 7. The molecule has 0 rings (SSSR count). The minimum absolute atomic E-state index is 0.136. The van der Waals surface area contributed by atoms with Gasteiger partial charge in [0, 0.05) is 5.57 Å². The summed E-state index contributed by atoms with van der Waals surface area (Å²) in [6, 6.07) is -1.32. The van der Waals surface area contributed by atoms with Crippen molar-refractivity contribution < 1.29 is 29.6 Å². The largest absolute Gasteiger partial charge is 0.459 e. The maximum absolute atomic E-state index is 11.0. The minimum atomic E-state index is -1.69. The van der Waals surface area contributed by atoms with Crippen molar-refractivity contribution in [2.45, 2.75) is 31.3 Å². The highest BCUT2D eigenvalue weighted by atomic mass is 16.5. The molecule has 5 N–H and O–H groups in total. The third-order valence-corrected chi connectivity index (χ3v) is 2.03. The average molecular weight is 247 g/mol. The smallest absolute Gasteiger partial charge is 0.333 e. The summed E-state index contributed by atoms with van der Waals surface area (Å²) >= 11 is 0. The summed E-state index contributed by atoms with van der Waals surface area (Å²) in [6.45, 7) is 4.21. The number of aldehydes is 1. The first-order valence-electron chi connectivity index (χ1n) is 4.89. The second-order valence-electron chi connectivity index (χ2n) is 3.64. The van der Waals surface area contributed by atoms with Gasteiger partial charge in [-0.3, -0.25) is 0 Å². The van der Waals surface area contributed by atoms with Gasteiger partial charge in [0.2, 0.25) is 0 Å². The third-order valence-electron chi connectivity index (χ3n) is 2.03. The summed E-state index contributed by atoms with van der Waals surface area (Å²) in [7, 11) is 0. The SMILES string of the molecule is C=C(C)C(=O)OC[C@@H](O)[C@@H](O)[C@H](O)[C@@H](N)C=O. The molecule has 0 aliphatic rings. The van der Waals surface area contributed by atoms with Crippen LogP contribution in [-0.4, -0.2) is 58.5 Å². The van der Waals surface area contributed by atoms with Crippen LogP contribution in [0, 0.1) is 0 Å². The quantitative estimate of drug-likeness (QED) is 0.226. The van der Waals surface area contributed by atoms with Crippen molar-refractivity contribution in [3.63, 3.8) is 0 Å². The van der Waals surface area contributed by atoms with Crippen molar-refractivity contribution in [1.82, 2.24) is 0 Å². The molecule has 0 radical (unpaired) electrons. The van der Waals surface area contributed by atoms with Gasteiger partial charge in [0.05, 0.1) is 6.04 Å². The molecule has 0 heterocycles. The van der Waals surface area contributed by atoms with E-state index in [0.717, 1.165) is 0 Å². The molecule has 0 fully saturated rings. The zero-order valence-electron chi connectivity index (χ0n) is 9.44. The van der Waals surface area contributed by atoms with E-state index >= 15 is 0 Å². The lowest BCUT2D eigenvalue weighted by molar-refractivity contribution is -0.148. The molecule has 7 nitrogen and oxygen atoms in total. The van der Waals surface area contributed by atoms with Crippen molar-refractivity contribution in [3.8, 4) is 0 Å². The van der Waals surface area contributed by atoms with E-state index in [9.17, 15) is 24.9 Å². The molecule has 0 aliphatic carbocycles. The van der Waals surface area contributed by atoms with Crippen molar-refractivity contribution >= 4 is 12.3 Å². The molecule has 0 unspecified atom stereocenters. The van der Waals surface area contributed by atoms with E-state index in [-0.39, 0.29) is 11.9 Å². The number of hydrogen-bond donors (Lipinski definition) is 4. The van der Waals surface area contributed by atoms with Gasteiger partial charge in [-0.25, -0.2) is 4.79 Å². The fourth-order valence-corrected chi connectivity index (χ4v) is 0.919. The molecule has 0 saturated carbocycles. The Morgan fingerprint density at radius 2 is 1.94 bits per heavy atom. The predicted molar refractivity (Wildman–Crippen MR) is 57.8 cm³/mol. The number of carbonyl (C=O) groups is 2. The van der Waals surface area contributed by atoms with Crippen LogP contribution in [0.2, 0.25) is 0 Å². The van der Waals surface area contributed by atoms with E-state index in [1.54, 1.807) is 0 Å². The highest BCUT2D eigenvalue weighted by Gasteiger charge is 2.30. The first-order valence-corrected chi connectivity index (χ1v) is 4.89. The molecule has 7 heteroatoms. The standard InChI is InChI=1S/C10H17NO6/c1-5(2)10(16)17-4-7(13)9(15)8(14)6(11)3-12/h3,6-9,13-15H,1,4,11H2,2H3/t6-,7+,8+,9+/m0/s1. The summed E-state index contributed by atoms with van der Waals surface area (Å²) in [4.78, 5) is 21.2. The van der Waals surface area contributed by atoms with Crippen LogP contribution in [0.3, 0.4) is 0 Å². The Bertz CT molecular complexity index is 293. The average Bonchev–Trinajstić information content (AvgIpc) is 2.32. The molecule has 0 saturated heterocycles. The van der Waals surface area contributed by atoms with Gasteiger partial charge in [0.15, 0.2) is 0 Å². The summed E-state index contributed by atoms with van der Waals surface area (Å²) < 4.78 is 4.56. The van der Waals surface area contributed by atoms with Gasteiger partial charge in [-0.2, -0.15) is 0 Å². The minimum Gasteiger partial charge on any atom is -0.459 e. The van der Waals surface area contributed by atoms with E-state index in [1.165, 1.54) is 6.92 Å². The first-order chi connectivity index (χ1) is 7.81. The van der Waals surface area contributed by atoms with Crippen LogP contribution in [0.25, 0.3) is 0 Å².